The molecule has 6 nitrogen and oxygen atoms in total. The molecule has 0 radical (unpaired) electrons. The van der Waals surface area contributed by atoms with E-state index in [1.807, 2.05) is 6.07 Å². The van der Waals surface area contributed by atoms with Crippen LogP contribution in [0.25, 0.3) is 0 Å². The summed E-state index contributed by atoms with van der Waals surface area (Å²) in [5, 5.41) is 7.48. The van der Waals surface area contributed by atoms with Crippen molar-refractivity contribution < 1.29 is 19.1 Å². The lowest BCUT2D eigenvalue weighted by molar-refractivity contribution is -0.136. The molecule has 0 aliphatic heterocycles. The number of carbonyl (C=O) groups excluding carboxylic acids is 2. The van der Waals surface area contributed by atoms with Crippen LogP contribution in [0.4, 0.5) is 5.69 Å². The lowest BCUT2D eigenvalue weighted by atomic mass is 9.84. The largest absolute Gasteiger partial charge is 0.497 e. The fourth-order valence-electron chi connectivity index (χ4n) is 3.56. The Kier molecular flexibility index (Phi) is 6.01. The van der Waals surface area contributed by atoms with Crippen molar-refractivity contribution in [2.45, 2.75) is 31.1 Å². The maximum absolute atomic E-state index is 12.4. The molecule has 1 aromatic carbocycles. The molecule has 2 N–H and O–H groups in total. The van der Waals surface area contributed by atoms with Crippen molar-refractivity contribution in [1.82, 2.24) is 5.32 Å². The minimum Gasteiger partial charge on any atom is -0.497 e. The molecule has 2 aromatic rings. The molecular weight excluding hydrogens is 364 g/mol. The summed E-state index contributed by atoms with van der Waals surface area (Å²) in [7, 11) is 3.04. The van der Waals surface area contributed by atoms with Gasteiger partial charge in [0.2, 0.25) is 0 Å². The second kappa shape index (κ2) is 8.43. The van der Waals surface area contributed by atoms with Crippen LogP contribution >= 0.6 is 11.3 Å². The Balaban J connectivity index is 1.65. The molecular formula is C20H24N2O4S. The first-order chi connectivity index (χ1) is 13.1. The third kappa shape index (κ3) is 4.24. The van der Waals surface area contributed by atoms with Crippen LogP contribution in [0, 0.1) is 0 Å². The molecule has 1 aliphatic rings. The van der Waals surface area contributed by atoms with Crippen molar-refractivity contribution >= 4 is 28.8 Å². The van der Waals surface area contributed by atoms with Gasteiger partial charge in [0.15, 0.2) is 0 Å². The molecule has 0 bridgehead atoms. The molecule has 27 heavy (non-hydrogen) atoms. The van der Waals surface area contributed by atoms with Gasteiger partial charge in [0.05, 0.1) is 19.9 Å². The van der Waals surface area contributed by atoms with Gasteiger partial charge in [-0.05, 0) is 36.4 Å². The molecule has 1 aromatic heterocycles. The quantitative estimate of drug-likeness (QED) is 0.744. The Bertz CT molecular complexity index is 798. The monoisotopic (exact) mass is 388 g/mol. The molecule has 2 amide bonds. The van der Waals surface area contributed by atoms with E-state index in [4.69, 9.17) is 9.47 Å². The van der Waals surface area contributed by atoms with E-state index in [0.29, 0.717) is 23.7 Å². The van der Waals surface area contributed by atoms with Crippen molar-refractivity contribution in [1.29, 1.82) is 0 Å². The van der Waals surface area contributed by atoms with E-state index in [2.05, 4.69) is 22.1 Å². The SMILES string of the molecule is COc1ccc(OC)c(NC(=O)C(=O)NCC2(c3cccs3)CCCC2)c1. The first-order valence-electron chi connectivity index (χ1n) is 8.93. The van der Waals surface area contributed by atoms with E-state index < -0.39 is 11.8 Å². The van der Waals surface area contributed by atoms with Crippen LogP contribution in [-0.2, 0) is 15.0 Å². The maximum Gasteiger partial charge on any atom is 0.313 e. The molecule has 1 aliphatic carbocycles. The smallest absolute Gasteiger partial charge is 0.313 e. The first-order valence-corrected chi connectivity index (χ1v) is 9.81. The molecule has 0 spiro atoms. The van der Waals surface area contributed by atoms with Gasteiger partial charge in [-0.1, -0.05) is 18.9 Å². The molecule has 1 fully saturated rings. The topological polar surface area (TPSA) is 76.7 Å². The summed E-state index contributed by atoms with van der Waals surface area (Å²) in [6, 6.07) is 9.16. The minimum absolute atomic E-state index is 0.0578. The van der Waals surface area contributed by atoms with Gasteiger partial charge < -0.3 is 20.1 Å². The van der Waals surface area contributed by atoms with Gasteiger partial charge >= 0.3 is 11.8 Å². The maximum atomic E-state index is 12.4. The zero-order valence-electron chi connectivity index (χ0n) is 15.5. The first kappa shape index (κ1) is 19.2. The number of methoxy groups -OCH3 is 2. The van der Waals surface area contributed by atoms with E-state index in [9.17, 15) is 9.59 Å². The zero-order valence-corrected chi connectivity index (χ0v) is 16.4. The second-order valence-corrected chi connectivity index (χ2v) is 7.62. The van der Waals surface area contributed by atoms with Crippen LogP contribution in [0.2, 0.25) is 0 Å². The Morgan fingerprint density at radius 2 is 1.89 bits per heavy atom. The molecule has 7 heteroatoms. The molecule has 0 atom stereocenters. The Hall–Kier alpha value is -2.54. The molecule has 1 heterocycles. The number of thiophene rings is 1. The summed E-state index contributed by atoms with van der Waals surface area (Å²) in [6.45, 7) is 0.467. The molecule has 0 saturated heterocycles. The predicted octanol–water partition coefficient (Wildman–Crippen LogP) is 3.33. The summed E-state index contributed by atoms with van der Waals surface area (Å²) in [5.41, 5.74) is 0.337. The van der Waals surface area contributed by atoms with Gasteiger partial charge in [0.1, 0.15) is 11.5 Å². The highest BCUT2D eigenvalue weighted by atomic mass is 32.1. The molecule has 0 unspecified atom stereocenters. The summed E-state index contributed by atoms with van der Waals surface area (Å²) < 4.78 is 10.4. The number of nitrogens with one attached hydrogen (secondary N) is 2. The van der Waals surface area contributed by atoms with Gasteiger partial charge in [-0.15, -0.1) is 11.3 Å². The molecule has 1 saturated carbocycles. The van der Waals surface area contributed by atoms with Crippen molar-refractivity contribution in [2.24, 2.45) is 0 Å². The van der Waals surface area contributed by atoms with Crippen molar-refractivity contribution in [2.75, 3.05) is 26.1 Å². The normalized spacial score (nSPS) is 15.2. The van der Waals surface area contributed by atoms with Crippen molar-refractivity contribution in [3.05, 3.63) is 40.6 Å². The third-order valence-electron chi connectivity index (χ3n) is 5.05. The Labute approximate surface area is 162 Å². The molecule has 3 rings (SSSR count). The lowest BCUT2D eigenvalue weighted by Crippen LogP contribution is -2.43. The average Bonchev–Trinajstić information content (AvgIpc) is 3.38. The second-order valence-electron chi connectivity index (χ2n) is 6.67. The Morgan fingerprint density at radius 1 is 1.11 bits per heavy atom. The van der Waals surface area contributed by atoms with E-state index in [0.717, 1.165) is 25.7 Å². The number of benzene rings is 1. The number of rotatable bonds is 6. The standard InChI is InChI=1S/C20H24N2O4S/c1-25-14-7-8-16(26-2)15(12-14)22-19(24)18(23)21-13-20(9-3-4-10-20)17-6-5-11-27-17/h5-8,11-12H,3-4,9-10,13H2,1-2H3,(H,21,23)(H,22,24). The van der Waals surface area contributed by atoms with Crippen LogP contribution in [0.3, 0.4) is 0 Å². The van der Waals surface area contributed by atoms with Gasteiger partial charge in [-0.2, -0.15) is 0 Å². The highest BCUT2D eigenvalue weighted by molar-refractivity contribution is 7.10. The summed E-state index contributed by atoms with van der Waals surface area (Å²) >= 11 is 1.71. The highest BCUT2D eigenvalue weighted by Crippen LogP contribution is 2.42. The number of carbonyl (C=O) groups is 2. The summed E-state index contributed by atoms with van der Waals surface area (Å²) in [5.74, 6) is -0.347. The summed E-state index contributed by atoms with van der Waals surface area (Å²) in [6.07, 6.45) is 4.33. The number of ether oxygens (including phenoxy) is 2. The van der Waals surface area contributed by atoms with Gasteiger partial charge in [0, 0.05) is 22.9 Å². The van der Waals surface area contributed by atoms with Crippen LogP contribution in [-0.4, -0.2) is 32.6 Å². The van der Waals surface area contributed by atoms with Crippen LogP contribution in [0.15, 0.2) is 35.7 Å². The number of amides is 2. The van der Waals surface area contributed by atoms with Gasteiger partial charge in [-0.3, -0.25) is 9.59 Å². The fourth-order valence-corrected chi connectivity index (χ4v) is 4.55. The van der Waals surface area contributed by atoms with Gasteiger partial charge in [0.25, 0.3) is 0 Å². The van der Waals surface area contributed by atoms with E-state index in [-0.39, 0.29) is 5.41 Å². The number of anilines is 1. The summed E-state index contributed by atoms with van der Waals surface area (Å²) in [4.78, 5) is 26.0. The van der Waals surface area contributed by atoms with Crippen LogP contribution in [0.5, 0.6) is 11.5 Å². The Morgan fingerprint density at radius 3 is 2.52 bits per heavy atom. The zero-order chi connectivity index (χ0) is 19.3. The lowest BCUT2D eigenvalue weighted by Gasteiger charge is -2.28. The van der Waals surface area contributed by atoms with E-state index in [1.54, 1.807) is 29.5 Å². The van der Waals surface area contributed by atoms with Crippen molar-refractivity contribution in [3.8, 4) is 11.5 Å². The third-order valence-corrected chi connectivity index (χ3v) is 6.17. The van der Waals surface area contributed by atoms with Gasteiger partial charge in [-0.25, -0.2) is 0 Å². The van der Waals surface area contributed by atoms with Crippen LogP contribution < -0.4 is 20.1 Å². The van der Waals surface area contributed by atoms with E-state index in [1.165, 1.54) is 19.1 Å². The molecule has 144 valence electrons. The highest BCUT2D eigenvalue weighted by Gasteiger charge is 2.37. The van der Waals surface area contributed by atoms with E-state index >= 15 is 0 Å². The minimum atomic E-state index is -0.721. The predicted molar refractivity (Wildman–Crippen MR) is 106 cm³/mol. The van der Waals surface area contributed by atoms with Crippen molar-refractivity contribution in [3.63, 3.8) is 0 Å². The number of hydrogen-bond acceptors (Lipinski definition) is 5. The fraction of sp³-hybridized carbons (Fsp3) is 0.400. The number of hydrogen-bond donors (Lipinski definition) is 2. The average molecular weight is 388 g/mol. The van der Waals surface area contributed by atoms with Crippen LogP contribution in [0.1, 0.15) is 30.6 Å².